The van der Waals surface area contributed by atoms with Gasteiger partial charge in [-0.15, -0.1) is 0 Å². The molecular weight excluding hydrogens is 311 g/mol. The average Bonchev–Trinajstić information content (AvgIpc) is 2.38. The van der Waals surface area contributed by atoms with E-state index in [0.29, 0.717) is 5.56 Å². The minimum Gasteiger partial charge on any atom is -0.733 e. The second kappa shape index (κ2) is 7.63. The number of aliphatic hydroxyl groups excluding tert-OH is 1. The molecule has 0 unspecified atom stereocenters. The number of benzene rings is 1. The summed E-state index contributed by atoms with van der Waals surface area (Å²) >= 11 is 10.7. The summed E-state index contributed by atoms with van der Waals surface area (Å²) in [6.07, 6.45) is -1.26. The van der Waals surface area contributed by atoms with E-state index in [1.807, 2.05) is 0 Å². The van der Waals surface area contributed by atoms with Gasteiger partial charge in [-0.05, 0) is 17.7 Å². The number of rotatable bonds is 7. The minimum atomic E-state index is -1.26. The number of carbonyl (C=O) groups is 1. The maximum atomic E-state index is 11.3. The molecule has 1 aromatic rings. The average molecular weight is 324 g/mol. The number of nitrogens with two attached hydrogens (primary N) is 1. The molecule has 7 nitrogen and oxygen atoms in total. The number of hydrogen-bond acceptors (Lipinski definition) is 6. The van der Waals surface area contributed by atoms with Gasteiger partial charge in [0.25, 0.3) is 0 Å². The highest BCUT2D eigenvalue weighted by atomic mass is 35.5. The second-order valence-electron chi connectivity index (χ2n) is 3.91. The molecule has 1 rings (SSSR count). The molecule has 0 bridgehead atoms. The molecule has 0 saturated carbocycles. The van der Waals surface area contributed by atoms with E-state index in [4.69, 9.17) is 38.9 Å². The predicted octanol–water partition coefficient (Wildman–Crippen LogP) is 1.29. The van der Waals surface area contributed by atoms with Gasteiger partial charge in [0.1, 0.15) is 0 Å². The monoisotopic (exact) mass is 323 g/mol. The molecule has 0 aliphatic carbocycles. The lowest BCUT2D eigenvalue weighted by Crippen LogP contribution is -2.33. The first-order valence-corrected chi connectivity index (χ1v) is 6.33. The van der Waals surface area contributed by atoms with Gasteiger partial charge in [0, 0.05) is 0 Å². The van der Waals surface area contributed by atoms with Crippen molar-refractivity contribution >= 4 is 34.8 Å². The van der Waals surface area contributed by atoms with E-state index in [9.17, 15) is 15.1 Å². The smallest absolute Gasteiger partial charge is 0.225 e. The van der Waals surface area contributed by atoms with Crippen LogP contribution in [0.5, 0.6) is 0 Å². The van der Waals surface area contributed by atoms with Crippen molar-refractivity contribution in [1.82, 2.24) is 0 Å². The number of amides is 1. The lowest BCUT2D eigenvalue weighted by molar-refractivity contribution is -0.128. The summed E-state index contributed by atoms with van der Waals surface area (Å²) in [5.74, 6) is -1.85. The Morgan fingerprint density at radius 2 is 1.95 bits per heavy atom. The fraction of sp³-hybridized carbons (Fsp3) is 0.364. The maximum absolute atomic E-state index is 11.3. The van der Waals surface area contributed by atoms with Crippen molar-refractivity contribution < 1.29 is 19.8 Å². The van der Waals surface area contributed by atoms with Crippen molar-refractivity contribution in [2.24, 2.45) is 11.7 Å². The molecule has 0 saturated heterocycles. The highest BCUT2D eigenvalue weighted by Gasteiger charge is 2.27. The van der Waals surface area contributed by atoms with E-state index in [-0.39, 0.29) is 17.5 Å². The van der Waals surface area contributed by atoms with Crippen LogP contribution in [0, 0.1) is 11.1 Å². The normalized spacial score (nSPS) is 14.1. The van der Waals surface area contributed by atoms with Crippen LogP contribution < -0.4 is 11.0 Å². The molecule has 1 amide bonds. The van der Waals surface area contributed by atoms with Gasteiger partial charge in [-0.25, -0.2) is 0 Å². The van der Waals surface area contributed by atoms with Gasteiger partial charge in [0.15, 0.2) is 0 Å². The molecular formula is C11H13Cl2N2O5-. The molecule has 4 N–H and O–H groups in total. The summed E-state index contributed by atoms with van der Waals surface area (Å²) in [4.78, 5) is 11.3. The van der Waals surface area contributed by atoms with Crippen LogP contribution in [-0.2, 0) is 9.53 Å². The van der Waals surface area contributed by atoms with E-state index < -0.39 is 23.0 Å². The number of alkyl halides is 2. The van der Waals surface area contributed by atoms with Gasteiger partial charge >= 0.3 is 0 Å². The zero-order valence-electron chi connectivity index (χ0n) is 10.1. The van der Waals surface area contributed by atoms with Crippen molar-refractivity contribution in [3.63, 3.8) is 0 Å². The van der Waals surface area contributed by atoms with Crippen molar-refractivity contribution in [2.45, 2.75) is 11.1 Å². The third-order valence-corrected chi connectivity index (χ3v) is 2.86. The van der Waals surface area contributed by atoms with Crippen LogP contribution in [0.15, 0.2) is 24.3 Å². The van der Waals surface area contributed by atoms with Gasteiger partial charge in [-0.3, -0.25) is 10.0 Å². The number of hydrogen-bond donors (Lipinski definition) is 3. The highest BCUT2D eigenvalue weighted by Crippen LogP contribution is 2.25. The topological polar surface area (TPSA) is 119 Å². The molecule has 1 aromatic carbocycles. The fourth-order valence-corrected chi connectivity index (χ4v) is 1.68. The van der Waals surface area contributed by atoms with Gasteiger partial charge in [0.2, 0.25) is 10.9 Å². The molecule has 0 radical (unpaired) electrons. The SMILES string of the molecule is NC(=O)[C@H](COC(Cl)Cl)[C@H](O)c1ccc(N([O-])O)cc1. The molecule has 9 heteroatoms. The van der Waals surface area contributed by atoms with Crippen molar-refractivity contribution in [3.05, 3.63) is 35.0 Å². The molecule has 112 valence electrons. The molecule has 20 heavy (non-hydrogen) atoms. The predicted molar refractivity (Wildman–Crippen MR) is 73.2 cm³/mol. The third-order valence-electron chi connectivity index (χ3n) is 2.60. The van der Waals surface area contributed by atoms with Crippen LogP contribution in [-0.4, -0.2) is 27.9 Å². The minimum absolute atomic E-state index is 0.0191. The van der Waals surface area contributed by atoms with E-state index >= 15 is 0 Å². The van der Waals surface area contributed by atoms with Gasteiger partial charge in [-0.2, -0.15) is 0 Å². The highest BCUT2D eigenvalue weighted by molar-refractivity contribution is 6.43. The summed E-state index contributed by atoms with van der Waals surface area (Å²) in [7, 11) is 0. The Balaban J connectivity index is 2.83. The first kappa shape index (κ1) is 17.0. The molecule has 2 atom stereocenters. The lowest BCUT2D eigenvalue weighted by atomic mass is 9.95. The number of carbonyl (C=O) groups excluding carboxylic acids is 1. The largest absolute Gasteiger partial charge is 0.733 e. The van der Waals surface area contributed by atoms with Gasteiger partial charge < -0.3 is 26.0 Å². The van der Waals surface area contributed by atoms with Gasteiger partial charge in [-0.1, -0.05) is 35.3 Å². The number of nitrogens with zero attached hydrogens (tertiary/aromatic N) is 1. The number of anilines is 1. The van der Waals surface area contributed by atoms with Gasteiger partial charge in [0.05, 0.1) is 24.3 Å². The first-order valence-electron chi connectivity index (χ1n) is 5.46. The summed E-state index contributed by atoms with van der Waals surface area (Å²) in [5.41, 5.74) is 5.48. The summed E-state index contributed by atoms with van der Waals surface area (Å²) in [5, 5.41) is 27.9. The number of ether oxygens (including phenoxy) is 1. The standard InChI is InChI=1S/C11H13Cl2N2O5/c12-11(13)20-5-8(10(14)17)9(16)6-1-3-7(4-2-6)15(18)19/h1-4,8-9,11,16,18H,5H2,(H2,14,17)/q-1/t8-,9-/m1/s1. The Bertz CT molecular complexity index is 441. The quantitative estimate of drug-likeness (QED) is 0.514. The van der Waals surface area contributed by atoms with E-state index in [1.54, 1.807) is 0 Å². The fourth-order valence-electron chi connectivity index (χ4n) is 1.54. The Morgan fingerprint density at radius 1 is 1.40 bits per heavy atom. The van der Waals surface area contributed by atoms with E-state index in [0.717, 1.165) is 0 Å². The molecule has 0 heterocycles. The molecule has 0 aliphatic heterocycles. The first-order chi connectivity index (χ1) is 9.32. The van der Waals surface area contributed by atoms with Crippen LogP contribution in [0.4, 0.5) is 5.69 Å². The number of halogens is 2. The Morgan fingerprint density at radius 3 is 2.35 bits per heavy atom. The van der Waals surface area contributed by atoms with Crippen molar-refractivity contribution in [3.8, 4) is 0 Å². The Hall–Kier alpha value is -1.09. The zero-order chi connectivity index (χ0) is 15.3. The summed E-state index contributed by atoms with van der Waals surface area (Å²) in [6.45, 7) is -0.260. The molecule has 0 aromatic heterocycles. The molecule has 0 spiro atoms. The Labute approximate surface area is 125 Å². The molecule has 0 aliphatic rings. The second-order valence-corrected chi connectivity index (χ2v) is 4.93. The third kappa shape index (κ3) is 4.78. The lowest BCUT2D eigenvalue weighted by Gasteiger charge is -2.23. The number of primary amides is 1. The maximum Gasteiger partial charge on any atom is 0.225 e. The number of aliphatic hydroxyl groups is 1. The summed E-state index contributed by atoms with van der Waals surface area (Å²) in [6, 6.07) is 5.29. The van der Waals surface area contributed by atoms with E-state index in [2.05, 4.69) is 0 Å². The van der Waals surface area contributed by atoms with Crippen LogP contribution in [0.1, 0.15) is 11.7 Å². The van der Waals surface area contributed by atoms with Crippen molar-refractivity contribution in [1.29, 1.82) is 0 Å². The van der Waals surface area contributed by atoms with Crippen molar-refractivity contribution in [2.75, 3.05) is 11.8 Å². The molecule has 0 fully saturated rings. The van der Waals surface area contributed by atoms with Crippen LogP contribution in [0.2, 0.25) is 0 Å². The van der Waals surface area contributed by atoms with Crippen LogP contribution >= 0.6 is 23.2 Å². The summed E-state index contributed by atoms with van der Waals surface area (Å²) < 4.78 is 4.84. The van der Waals surface area contributed by atoms with Crippen LogP contribution in [0.3, 0.4) is 0 Å². The zero-order valence-corrected chi connectivity index (χ0v) is 11.7. The van der Waals surface area contributed by atoms with E-state index in [1.165, 1.54) is 24.3 Å². The Kier molecular flexibility index (Phi) is 6.47. The van der Waals surface area contributed by atoms with Crippen LogP contribution in [0.25, 0.3) is 0 Å².